The van der Waals surface area contributed by atoms with Crippen molar-refractivity contribution in [1.82, 2.24) is 0 Å². The number of unbranched alkanes of at least 4 members (excludes halogenated alkanes) is 12. The Morgan fingerprint density at radius 3 is 1.05 bits per heavy atom. The van der Waals surface area contributed by atoms with Crippen LogP contribution in [0, 0.1) is 0 Å². The summed E-state index contributed by atoms with van der Waals surface area (Å²) in [5.41, 5.74) is 11.9. The molecular weight excluding hydrogens is 669 g/mol. The number of rotatable bonds is 24. The molecule has 2 heteroatoms. The SMILES string of the molecule is CCCCCCC1(CCCCCC)c2ccccc2-c2ccc(C(=O)CC(=O)c3ccc4c(c3)C(CCCCCC)(CCCCCC)c3ccccc3-4)cc21. The Hall–Kier alpha value is -3.78. The van der Waals surface area contributed by atoms with Crippen molar-refractivity contribution in [2.75, 3.05) is 0 Å². The molecule has 0 N–H and O–H groups in total. The van der Waals surface area contributed by atoms with Crippen molar-refractivity contribution in [3.63, 3.8) is 0 Å². The van der Waals surface area contributed by atoms with Gasteiger partial charge in [0, 0.05) is 22.0 Å². The summed E-state index contributed by atoms with van der Waals surface area (Å²) in [6.07, 6.45) is 24.0. The van der Waals surface area contributed by atoms with Gasteiger partial charge in [0.2, 0.25) is 0 Å². The average Bonchev–Trinajstić information content (AvgIpc) is 3.65. The Bertz CT molecular complexity index is 1730. The van der Waals surface area contributed by atoms with E-state index in [1.54, 1.807) is 0 Å². The summed E-state index contributed by atoms with van der Waals surface area (Å²) in [5, 5.41) is 0. The van der Waals surface area contributed by atoms with E-state index in [2.05, 4.69) is 100 Å². The second-order valence-electron chi connectivity index (χ2n) is 17.0. The molecule has 0 unspecified atom stereocenters. The molecule has 0 aliphatic heterocycles. The van der Waals surface area contributed by atoms with Crippen molar-refractivity contribution in [3.05, 3.63) is 118 Å². The molecule has 0 bridgehead atoms. The van der Waals surface area contributed by atoms with E-state index >= 15 is 0 Å². The minimum atomic E-state index is -0.0997. The highest BCUT2D eigenvalue weighted by Crippen LogP contribution is 2.56. The third kappa shape index (κ3) is 8.65. The fourth-order valence-electron chi connectivity index (χ4n) is 10.3. The van der Waals surface area contributed by atoms with Gasteiger partial charge in [0.25, 0.3) is 0 Å². The average molecular weight is 737 g/mol. The molecule has 4 aromatic carbocycles. The molecule has 0 aromatic heterocycles. The van der Waals surface area contributed by atoms with E-state index in [-0.39, 0.29) is 28.8 Å². The molecule has 2 aliphatic rings. The highest BCUT2D eigenvalue weighted by molar-refractivity contribution is 6.14. The smallest absolute Gasteiger partial charge is 0.170 e. The highest BCUT2D eigenvalue weighted by Gasteiger charge is 2.44. The normalized spacial score (nSPS) is 14.3. The number of carbonyl (C=O) groups excluding carboxylic acids is 2. The lowest BCUT2D eigenvalue weighted by Crippen LogP contribution is -2.26. The second-order valence-corrected chi connectivity index (χ2v) is 17.0. The topological polar surface area (TPSA) is 34.1 Å². The molecule has 55 heavy (non-hydrogen) atoms. The zero-order valence-corrected chi connectivity index (χ0v) is 34.7. The zero-order valence-electron chi connectivity index (χ0n) is 34.7. The molecule has 0 fully saturated rings. The van der Waals surface area contributed by atoms with E-state index < -0.39 is 0 Å². The molecule has 0 amide bonds. The lowest BCUT2D eigenvalue weighted by molar-refractivity contribution is 0.0894. The molecule has 2 nitrogen and oxygen atoms in total. The first-order chi connectivity index (χ1) is 26.9. The first-order valence-corrected chi connectivity index (χ1v) is 22.5. The molecule has 292 valence electrons. The summed E-state index contributed by atoms with van der Waals surface area (Å²) in [7, 11) is 0. The maximum atomic E-state index is 14.2. The Balaban J connectivity index is 1.30. The minimum absolute atomic E-state index is 0.0659. The quantitative estimate of drug-likeness (QED) is 0.0408. The number of fused-ring (bicyclic) bond motifs is 6. The van der Waals surface area contributed by atoms with E-state index in [9.17, 15) is 9.59 Å². The Labute approximate surface area is 333 Å². The van der Waals surface area contributed by atoms with E-state index in [4.69, 9.17) is 0 Å². The van der Waals surface area contributed by atoms with Crippen LogP contribution in [0.15, 0.2) is 84.9 Å². The maximum Gasteiger partial charge on any atom is 0.170 e. The lowest BCUT2D eigenvalue weighted by atomic mass is 9.70. The van der Waals surface area contributed by atoms with Crippen molar-refractivity contribution in [1.29, 1.82) is 0 Å². The van der Waals surface area contributed by atoms with Crippen LogP contribution >= 0.6 is 0 Å². The van der Waals surface area contributed by atoms with Crippen molar-refractivity contribution in [3.8, 4) is 22.3 Å². The molecule has 2 aliphatic carbocycles. The summed E-state index contributed by atoms with van der Waals surface area (Å²) in [5.74, 6) is -0.132. The van der Waals surface area contributed by atoms with Crippen LogP contribution < -0.4 is 0 Å². The lowest BCUT2D eigenvalue weighted by Gasteiger charge is -2.33. The van der Waals surface area contributed by atoms with Gasteiger partial charge >= 0.3 is 0 Å². The van der Waals surface area contributed by atoms with E-state index in [1.165, 1.54) is 147 Å². The fraction of sp³-hybridized carbons (Fsp3) is 0.509. The van der Waals surface area contributed by atoms with Gasteiger partial charge in [-0.05, 0) is 82.3 Å². The summed E-state index contributed by atoms with van der Waals surface area (Å²) >= 11 is 0. The number of Topliss-reactive ketones (excluding diaryl/α,β-unsaturated/α-hetero) is 2. The van der Waals surface area contributed by atoms with Crippen LogP contribution in [-0.4, -0.2) is 11.6 Å². The Morgan fingerprint density at radius 2 is 0.709 bits per heavy atom. The number of ketones is 2. The molecule has 0 saturated carbocycles. The van der Waals surface area contributed by atoms with Crippen molar-refractivity contribution >= 4 is 11.6 Å². The first-order valence-electron chi connectivity index (χ1n) is 22.5. The van der Waals surface area contributed by atoms with E-state index in [1.807, 2.05) is 12.1 Å². The molecular formula is C53H68O2. The summed E-state index contributed by atoms with van der Waals surface area (Å²) in [6, 6.07) is 30.7. The largest absolute Gasteiger partial charge is 0.294 e. The molecule has 0 atom stereocenters. The minimum Gasteiger partial charge on any atom is -0.294 e. The van der Waals surface area contributed by atoms with E-state index in [0.717, 1.165) is 25.7 Å². The number of hydrogen-bond donors (Lipinski definition) is 0. The monoisotopic (exact) mass is 737 g/mol. The van der Waals surface area contributed by atoms with Gasteiger partial charge in [-0.1, -0.05) is 203 Å². The van der Waals surface area contributed by atoms with Crippen LogP contribution in [0.2, 0.25) is 0 Å². The van der Waals surface area contributed by atoms with Gasteiger partial charge < -0.3 is 0 Å². The van der Waals surface area contributed by atoms with Crippen molar-refractivity contribution < 1.29 is 9.59 Å². The number of benzene rings is 4. The van der Waals surface area contributed by atoms with Crippen LogP contribution in [0.1, 0.15) is 206 Å². The summed E-state index contributed by atoms with van der Waals surface area (Å²) < 4.78 is 0. The highest BCUT2D eigenvalue weighted by atomic mass is 16.1. The van der Waals surface area contributed by atoms with Crippen molar-refractivity contribution in [2.45, 2.75) is 173 Å². The zero-order chi connectivity index (χ0) is 38.7. The van der Waals surface area contributed by atoms with Crippen LogP contribution in [0.3, 0.4) is 0 Å². The second kappa shape index (κ2) is 19.4. The van der Waals surface area contributed by atoms with Crippen LogP contribution in [0.4, 0.5) is 0 Å². The Morgan fingerprint density at radius 1 is 0.382 bits per heavy atom. The summed E-state index contributed by atoms with van der Waals surface area (Å²) in [6.45, 7) is 9.12. The first kappa shape index (κ1) is 40.9. The predicted octanol–water partition coefficient (Wildman–Crippen LogP) is 15.6. The molecule has 0 saturated heterocycles. The summed E-state index contributed by atoms with van der Waals surface area (Å²) in [4.78, 5) is 28.5. The molecule has 0 radical (unpaired) electrons. The molecule has 6 rings (SSSR count). The third-order valence-electron chi connectivity index (χ3n) is 13.3. The Kier molecular flexibility index (Phi) is 14.4. The number of hydrogen-bond acceptors (Lipinski definition) is 2. The van der Waals surface area contributed by atoms with Crippen LogP contribution in [-0.2, 0) is 10.8 Å². The van der Waals surface area contributed by atoms with Crippen LogP contribution in [0.25, 0.3) is 22.3 Å². The van der Waals surface area contributed by atoms with Crippen molar-refractivity contribution in [2.24, 2.45) is 0 Å². The van der Waals surface area contributed by atoms with Gasteiger partial charge in [-0.15, -0.1) is 0 Å². The van der Waals surface area contributed by atoms with Gasteiger partial charge in [-0.2, -0.15) is 0 Å². The maximum absolute atomic E-state index is 14.2. The van der Waals surface area contributed by atoms with Gasteiger partial charge in [0.05, 0.1) is 6.42 Å². The molecule has 0 heterocycles. The molecule has 4 aromatic rings. The predicted molar refractivity (Wildman–Crippen MR) is 234 cm³/mol. The van der Waals surface area contributed by atoms with Gasteiger partial charge in [0.1, 0.15) is 0 Å². The van der Waals surface area contributed by atoms with Gasteiger partial charge in [-0.25, -0.2) is 0 Å². The standard InChI is InChI=1S/C53H68O2/c1-5-9-13-21-33-52(34-22-14-10-6-2)46-27-19-17-25-42(46)44-31-29-40(37-48(44)52)50(54)39-51(55)41-30-32-45-43-26-18-20-28-47(43)53(49(45)38-41,35-23-15-11-7-3)36-24-16-12-8-4/h17-20,25-32,37-38H,5-16,21-24,33-36,39H2,1-4H3. The van der Waals surface area contributed by atoms with Crippen LogP contribution in [0.5, 0.6) is 0 Å². The fourth-order valence-corrected chi connectivity index (χ4v) is 10.3. The van der Waals surface area contributed by atoms with E-state index in [0.29, 0.717) is 11.1 Å². The van der Waals surface area contributed by atoms with Gasteiger partial charge in [0.15, 0.2) is 11.6 Å². The number of carbonyl (C=O) groups is 2. The third-order valence-corrected chi connectivity index (χ3v) is 13.3. The molecule has 0 spiro atoms. The van der Waals surface area contributed by atoms with Gasteiger partial charge in [-0.3, -0.25) is 9.59 Å².